The molecule has 0 aliphatic carbocycles. The Morgan fingerprint density at radius 2 is 2.06 bits per heavy atom. The zero-order valence-corrected chi connectivity index (χ0v) is 11.1. The number of hydrogen-bond acceptors (Lipinski definition) is 5. The van der Waals surface area contributed by atoms with Crippen LogP contribution in [0.3, 0.4) is 0 Å². The number of hydrogen-bond donors (Lipinski definition) is 3. The van der Waals surface area contributed by atoms with E-state index in [0.717, 1.165) is 31.6 Å². The molecule has 0 spiro atoms. The SMILES string of the molecule is COc1cc(NNC2CCN(C)CC2)ccc1N. The maximum atomic E-state index is 5.78. The molecule has 1 aliphatic rings. The summed E-state index contributed by atoms with van der Waals surface area (Å²) in [7, 11) is 3.79. The molecule has 1 saturated heterocycles. The minimum atomic E-state index is 0.518. The zero-order chi connectivity index (χ0) is 13.0. The van der Waals surface area contributed by atoms with Gasteiger partial charge in [-0.1, -0.05) is 0 Å². The number of nitrogens with two attached hydrogens (primary N) is 1. The lowest BCUT2D eigenvalue weighted by atomic mass is 10.1. The van der Waals surface area contributed by atoms with Crippen molar-refractivity contribution in [2.45, 2.75) is 18.9 Å². The van der Waals surface area contributed by atoms with E-state index in [2.05, 4.69) is 22.8 Å². The van der Waals surface area contributed by atoms with Crippen LogP contribution in [0.4, 0.5) is 11.4 Å². The van der Waals surface area contributed by atoms with Gasteiger partial charge in [-0.25, -0.2) is 5.43 Å². The molecule has 0 bridgehead atoms. The highest BCUT2D eigenvalue weighted by Crippen LogP contribution is 2.24. The molecule has 0 atom stereocenters. The van der Waals surface area contributed by atoms with Crippen molar-refractivity contribution in [3.05, 3.63) is 18.2 Å². The fourth-order valence-electron chi connectivity index (χ4n) is 2.13. The molecule has 0 aromatic heterocycles. The minimum absolute atomic E-state index is 0.518. The van der Waals surface area contributed by atoms with E-state index in [9.17, 15) is 0 Å². The Kier molecular flexibility index (Phi) is 4.28. The first-order chi connectivity index (χ1) is 8.69. The first kappa shape index (κ1) is 13.0. The average Bonchev–Trinajstić information content (AvgIpc) is 2.39. The summed E-state index contributed by atoms with van der Waals surface area (Å²) in [6.07, 6.45) is 2.32. The van der Waals surface area contributed by atoms with E-state index < -0.39 is 0 Å². The first-order valence-corrected chi connectivity index (χ1v) is 6.32. The van der Waals surface area contributed by atoms with E-state index in [1.165, 1.54) is 0 Å². The number of rotatable bonds is 4. The number of nitrogen functional groups attached to an aromatic ring is 1. The van der Waals surface area contributed by atoms with E-state index in [4.69, 9.17) is 10.5 Å². The Labute approximate surface area is 108 Å². The summed E-state index contributed by atoms with van der Waals surface area (Å²) >= 11 is 0. The fraction of sp³-hybridized carbons (Fsp3) is 0.538. The quantitative estimate of drug-likeness (QED) is 0.555. The summed E-state index contributed by atoms with van der Waals surface area (Å²) in [5, 5.41) is 0. The van der Waals surface area contributed by atoms with E-state index in [1.54, 1.807) is 7.11 Å². The second-order valence-corrected chi connectivity index (χ2v) is 4.80. The lowest BCUT2D eigenvalue weighted by Crippen LogP contribution is -2.43. The zero-order valence-electron chi connectivity index (χ0n) is 11.1. The number of ether oxygens (including phenoxy) is 1. The third-order valence-electron chi connectivity index (χ3n) is 3.37. The van der Waals surface area contributed by atoms with E-state index in [0.29, 0.717) is 17.5 Å². The molecule has 5 heteroatoms. The summed E-state index contributed by atoms with van der Waals surface area (Å²) in [6.45, 7) is 2.29. The summed E-state index contributed by atoms with van der Waals surface area (Å²) in [5.74, 6) is 0.699. The van der Waals surface area contributed by atoms with Crippen molar-refractivity contribution in [3.8, 4) is 5.75 Å². The molecule has 100 valence electrons. The lowest BCUT2D eigenvalue weighted by molar-refractivity contribution is 0.240. The van der Waals surface area contributed by atoms with Crippen LogP contribution in [0.1, 0.15) is 12.8 Å². The number of nitrogens with one attached hydrogen (secondary N) is 2. The van der Waals surface area contributed by atoms with Gasteiger partial charge in [0.15, 0.2) is 0 Å². The van der Waals surface area contributed by atoms with Crippen molar-refractivity contribution in [3.63, 3.8) is 0 Å². The van der Waals surface area contributed by atoms with E-state index >= 15 is 0 Å². The van der Waals surface area contributed by atoms with Gasteiger partial charge in [0, 0.05) is 12.1 Å². The smallest absolute Gasteiger partial charge is 0.143 e. The Morgan fingerprint density at radius 1 is 1.33 bits per heavy atom. The van der Waals surface area contributed by atoms with Crippen LogP contribution in [-0.4, -0.2) is 38.2 Å². The number of benzene rings is 1. The first-order valence-electron chi connectivity index (χ1n) is 6.32. The number of piperidine rings is 1. The van der Waals surface area contributed by atoms with E-state index in [1.807, 2.05) is 18.2 Å². The Hall–Kier alpha value is -1.46. The largest absolute Gasteiger partial charge is 0.495 e. The van der Waals surface area contributed by atoms with Gasteiger partial charge in [0.25, 0.3) is 0 Å². The molecule has 18 heavy (non-hydrogen) atoms. The summed E-state index contributed by atoms with van der Waals surface area (Å²) in [5.41, 5.74) is 14.0. The molecule has 2 rings (SSSR count). The molecule has 4 N–H and O–H groups in total. The summed E-state index contributed by atoms with van der Waals surface area (Å²) in [4.78, 5) is 2.35. The van der Waals surface area contributed by atoms with Gasteiger partial charge in [-0.15, -0.1) is 0 Å². The Balaban J connectivity index is 1.86. The monoisotopic (exact) mass is 250 g/mol. The van der Waals surface area contributed by atoms with Crippen molar-refractivity contribution in [2.75, 3.05) is 38.4 Å². The number of likely N-dealkylation sites (tertiary alicyclic amines) is 1. The molecular weight excluding hydrogens is 228 g/mol. The summed E-state index contributed by atoms with van der Waals surface area (Å²) in [6, 6.07) is 6.21. The van der Waals surface area contributed by atoms with Gasteiger partial charge in [-0.3, -0.25) is 0 Å². The number of anilines is 2. The molecule has 1 fully saturated rings. The van der Waals surface area contributed by atoms with Crippen molar-refractivity contribution >= 4 is 11.4 Å². The average molecular weight is 250 g/mol. The normalized spacial score (nSPS) is 17.7. The molecule has 5 nitrogen and oxygen atoms in total. The van der Waals surface area contributed by atoms with Crippen molar-refractivity contribution < 1.29 is 4.74 Å². The predicted octanol–water partition coefficient (Wildman–Crippen LogP) is 1.29. The maximum absolute atomic E-state index is 5.78. The van der Waals surface area contributed by atoms with Gasteiger partial charge >= 0.3 is 0 Å². The van der Waals surface area contributed by atoms with Gasteiger partial charge in [-0.05, 0) is 45.1 Å². The minimum Gasteiger partial charge on any atom is -0.495 e. The second-order valence-electron chi connectivity index (χ2n) is 4.80. The van der Waals surface area contributed by atoms with Crippen LogP contribution in [-0.2, 0) is 0 Å². The second kappa shape index (κ2) is 5.93. The molecule has 1 aliphatic heterocycles. The van der Waals surface area contributed by atoms with Crippen LogP contribution in [0.5, 0.6) is 5.75 Å². The molecule has 0 radical (unpaired) electrons. The molecule has 1 aromatic carbocycles. The fourth-order valence-corrected chi connectivity index (χ4v) is 2.13. The Morgan fingerprint density at radius 3 is 2.72 bits per heavy atom. The molecule has 0 amide bonds. The number of nitrogens with zero attached hydrogens (tertiary/aromatic N) is 1. The molecule has 0 unspecified atom stereocenters. The standard InChI is InChI=1S/C13H22N4O/c1-17-7-5-10(6-8-17)15-16-11-3-4-12(14)13(9-11)18-2/h3-4,9-10,15-16H,5-8,14H2,1-2H3. The van der Waals surface area contributed by atoms with Crippen LogP contribution < -0.4 is 21.3 Å². The number of methoxy groups -OCH3 is 1. The van der Waals surface area contributed by atoms with Gasteiger partial charge in [0.05, 0.1) is 18.5 Å². The van der Waals surface area contributed by atoms with Gasteiger partial charge in [-0.2, -0.15) is 0 Å². The van der Waals surface area contributed by atoms with Crippen molar-refractivity contribution in [1.29, 1.82) is 0 Å². The molecule has 1 heterocycles. The van der Waals surface area contributed by atoms with Gasteiger partial charge in [0.2, 0.25) is 0 Å². The van der Waals surface area contributed by atoms with E-state index in [-0.39, 0.29) is 0 Å². The summed E-state index contributed by atoms with van der Waals surface area (Å²) < 4.78 is 5.19. The highest BCUT2D eigenvalue weighted by Gasteiger charge is 2.15. The topological polar surface area (TPSA) is 62.5 Å². The van der Waals surface area contributed by atoms with Crippen LogP contribution in [0.15, 0.2) is 18.2 Å². The van der Waals surface area contributed by atoms with Crippen molar-refractivity contribution in [1.82, 2.24) is 10.3 Å². The number of hydrazine groups is 1. The third-order valence-corrected chi connectivity index (χ3v) is 3.37. The van der Waals surface area contributed by atoms with Gasteiger partial charge in [0.1, 0.15) is 5.75 Å². The Bertz CT molecular complexity index is 389. The van der Waals surface area contributed by atoms with Gasteiger partial charge < -0.3 is 20.8 Å². The highest BCUT2D eigenvalue weighted by atomic mass is 16.5. The predicted molar refractivity (Wildman–Crippen MR) is 74.7 cm³/mol. The lowest BCUT2D eigenvalue weighted by Gasteiger charge is -2.29. The molecule has 0 saturated carbocycles. The van der Waals surface area contributed by atoms with Crippen LogP contribution >= 0.6 is 0 Å². The van der Waals surface area contributed by atoms with Crippen LogP contribution in [0.2, 0.25) is 0 Å². The molecular formula is C13H22N4O. The van der Waals surface area contributed by atoms with Crippen molar-refractivity contribution in [2.24, 2.45) is 0 Å². The molecule has 1 aromatic rings. The third kappa shape index (κ3) is 3.27. The van der Waals surface area contributed by atoms with Crippen LogP contribution in [0.25, 0.3) is 0 Å². The van der Waals surface area contributed by atoms with Crippen LogP contribution in [0, 0.1) is 0 Å². The maximum Gasteiger partial charge on any atom is 0.143 e. The highest BCUT2D eigenvalue weighted by molar-refractivity contribution is 5.61.